The highest BCUT2D eigenvalue weighted by atomic mass is 32.2. The number of sulfonamides is 1. The van der Waals surface area contributed by atoms with Crippen molar-refractivity contribution in [2.24, 2.45) is 0 Å². The Bertz CT molecular complexity index is 1660. The van der Waals surface area contributed by atoms with Crippen molar-refractivity contribution in [3.05, 3.63) is 101 Å². The number of anilines is 2. The van der Waals surface area contributed by atoms with Gasteiger partial charge in [-0.15, -0.1) is 0 Å². The lowest BCUT2D eigenvalue weighted by Gasteiger charge is -2.27. The molecule has 0 spiro atoms. The molecule has 13 heteroatoms. The van der Waals surface area contributed by atoms with E-state index < -0.39 is 27.0 Å². The Balaban J connectivity index is 1.61. The number of hydrogen-bond donors (Lipinski definition) is 2. The van der Waals surface area contributed by atoms with Crippen LogP contribution in [0.1, 0.15) is 23.5 Å². The van der Waals surface area contributed by atoms with Crippen LogP contribution < -0.4 is 19.7 Å². The molecule has 0 radical (unpaired) electrons. The minimum Gasteiger partial charge on any atom is -0.495 e. The van der Waals surface area contributed by atoms with Gasteiger partial charge in [0.05, 0.1) is 35.7 Å². The lowest BCUT2D eigenvalue weighted by atomic mass is 10.0. The van der Waals surface area contributed by atoms with Gasteiger partial charge in [0.2, 0.25) is 10.0 Å². The smallest absolute Gasteiger partial charge is 0.270 e. The fourth-order valence-electron chi connectivity index (χ4n) is 4.49. The predicted octanol–water partition coefficient (Wildman–Crippen LogP) is 4.81. The number of benzene rings is 2. The van der Waals surface area contributed by atoms with Crippen molar-refractivity contribution in [2.75, 3.05) is 23.0 Å². The van der Waals surface area contributed by atoms with E-state index in [1.54, 1.807) is 48.7 Å². The van der Waals surface area contributed by atoms with E-state index in [4.69, 9.17) is 21.4 Å². The summed E-state index contributed by atoms with van der Waals surface area (Å²) in [5.74, 6) is 1.30. The van der Waals surface area contributed by atoms with Crippen LogP contribution in [-0.4, -0.2) is 36.8 Å². The molecule has 0 aliphatic carbocycles. The Hall–Kier alpha value is -4.49. The first-order valence-electron chi connectivity index (χ1n) is 11.7. The molecule has 1 fully saturated rings. The van der Waals surface area contributed by atoms with E-state index in [-0.39, 0.29) is 11.4 Å². The fourth-order valence-corrected chi connectivity index (χ4v) is 5.39. The van der Waals surface area contributed by atoms with Gasteiger partial charge in [-0.05, 0) is 54.7 Å². The van der Waals surface area contributed by atoms with E-state index in [0.29, 0.717) is 39.3 Å². The van der Waals surface area contributed by atoms with Crippen molar-refractivity contribution in [3.63, 3.8) is 0 Å². The summed E-state index contributed by atoms with van der Waals surface area (Å²) in [6.45, 7) is 0. The number of hydrogen-bond acceptors (Lipinski definition) is 8. The highest BCUT2D eigenvalue weighted by Crippen LogP contribution is 2.44. The predicted molar refractivity (Wildman–Crippen MR) is 150 cm³/mol. The minimum atomic E-state index is -3.59. The van der Waals surface area contributed by atoms with Gasteiger partial charge in [0, 0.05) is 29.6 Å². The third kappa shape index (κ3) is 5.40. The first kappa shape index (κ1) is 26.1. The average molecular weight is 566 g/mol. The van der Waals surface area contributed by atoms with Crippen LogP contribution in [0, 0.1) is 10.1 Å². The highest BCUT2D eigenvalue weighted by molar-refractivity contribution is 7.92. The topological polar surface area (TPSA) is 140 Å². The summed E-state index contributed by atoms with van der Waals surface area (Å²) in [7, 11) is -2.15. The van der Waals surface area contributed by atoms with E-state index in [0.717, 1.165) is 6.26 Å². The third-order valence-electron chi connectivity index (χ3n) is 6.11. The van der Waals surface area contributed by atoms with E-state index in [1.165, 1.54) is 19.2 Å². The zero-order chi connectivity index (χ0) is 27.7. The molecule has 0 amide bonds. The number of aromatic nitrogens is 1. The van der Waals surface area contributed by atoms with Gasteiger partial charge in [-0.2, -0.15) is 0 Å². The zero-order valence-electron chi connectivity index (χ0n) is 20.8. The molecule has 1 saturated heterocycles. The number of rotatable bonds is 8. The standard InChI is InChI=1S/C26H23N5O6S2/c1-36-22-10-9-17(15-20(22)29-39(2,34)35)30-25(24(28-26(30)38)19-8-3-4-13-27-19)23-12-11-21(37-23)16-6-5-7-18(14-16)31(32)33/h3-15,24-25,29H,1-2H3,(H,28,38)/t24-,25-/m1/s1. The lowest BCUT2D eigenvalue weighted by Crippen LogP contribution is -2.29. The third-order valence-corrected chi connectivity index (χ3v) is 7.02. The maximum Gasteiger partial charge on any atom is 0.270 e. The van der Waals surface area contributed by atoms with Gasteiger partial charge in [0.15, 0.2) is 5.11 Å². The largest absolute Gasteiger partial charge is 0.495 e. The number of methoxy groups -OCH3 is 1. The molecular weight excluding hydrogens is 542 g/mol. The zero-order valence-corrected chi connectivity index (χ0v) is 22.4. The number of nitrogens with zero attached hydrogens (tertiary/aromatic N) is 3. The Kier molecular flexibility index (Phi) is 6.93. The SMILES string of the molecule is COc1ccc(N2C(=S)N[C@H](c3ccccn3)[C@H]2c2ccc(-c3cccc([N+](=O)[O-])c3)o2)cc1NS(C)(=O)=O. The quantitative estimate of drug-likeness (QED) is 0.174. The van der Waals surface area contributed by atoms with Crippen molar-refractivity contribution in [3.8, 4) is 17.1 Å². The Morgan fingerprint density at radius 1 is 1.13 bits per heavy atom. The second-order valence-electron chi connectivity index (χ2n) is 8.76. The molecule has 4 aromatic rings. The fraction of sp³-hybridized carbons (Fsp3) is 0.154. The van der Waals surface area contributed by atoms with Crippen molar-refractivity contribution in [1.82, 2.24) is 10.3 Å². The molecule has 2 aromatic carbocycles. The summed E-state index contributed by atoms with van der Waals surface area (Å²) in [6.07, 6.45) is 2.73. The Morgan fingerprint density at radius 3 is 2.64 bits per heavy atom. The maximum absolute atomic E-state index is 12.0. The first-order chi connectivity index (χ1) is 18.6. The molecule has 1 aliphatic rings. The van der Waals surface area contributed by atoms with Gasteiger partial charge >= 0.3 is 0 Å². The Morgan fingerprint density at radius 2 is 1.95 bits per heavy atom. The molecule has 1 aliphatic heterocycles. The second-order valence-corrected chi connectivity index (χ2v) is 10.9. The summed E-state index contributed by atoms with van der Waals surface area (Å²) in [6, 6.07) is 19.4. The number of nitrogens with one attached hydrogen (secondary N) is 2. The summed E-state index contributed by atoms with van der Waals surface area (Å²) < 4.78 is 38.1. The number of furan rings is 1. The molecular formula is C26H23N5O6S2. The maximum atomic E-state index is 12.0. The van der Waals surface area contributed by atoms with Crippen LogP contribution in [0.25, 0.3) is 11.3 Å². The summed E-state index contributed by atoms with van der Waals surface area (Å²) in [5, 5.41) is 15.0. The number of thiocarbonyl (C=S) groups is 1. The monoisotopic (exact) mass is 565 g/mol. The number of nitro groups is 1. The van der Waals surface area contributed by atoms with E-state index in [1.807, 2.05) is 23.1 Å². The summed E-state index contributed by atoms with van der Waals surface area (Å²) >= 11 is 5.74. The van der Waals surface area contributed by atoms with Crippen molar-refractivity contribution < 1.29 is 22.5 Å². The van der Waals surface area contributed by atoms with Crippen LogP contribution in [0.3, 0.4) is 0 Å². The van der Waals surface area contributed by atoms with Crippen molar-refractivity contribution >= 4 is 44.4 Å². The molecule has 2 atom stereocenters. The number of pyridine rings is 1. The molecule has 0 unspecified atom stereocenters. The molecule has 5 rings (SSSR count). The van der Waals surface area contributed by atoms with Gasteiger partial charge in [0.1, 0.15) is 23.3 Å². The molecule has 11 nitrogen and oxygen atoms in total. The normalized spacial score (nSPS) is 17.1. The molecule has 39 heavy (non-hydrogen) atoms. The summed E-state index contributed by atoms with van der Waals surface area (Å²) in [4.78, 5) is 17.1. The molecule has 2 N–H and O–H groups in total. The lowest BCUT2D eigenvalue weighted by molar-refractivity contribution is -0.384. The van der Waals surface area contributed by atoms with E-state index in [2.05, 4.69) is 15.0 Å². The number of nitro benzene ring substituents is 1. The number of ether oxygens (including phenoxy) is 1. The average Bonchev–Trinajstić information content (AvgIpc) is 3.53. The molecule has 2 aromatic heterocycles. The van der Waals surface area contributed by atoms with Crippen LogP contribution in [-0.2, 0) is 10.0 Å². The van der Waals surface area contributed by atoms with Crippen LogP contribution >= 0.6 is 12.2 Å². The first-order valence-corrected chi connectivity index (χ1v) is 14.0. The molecule has 3 heterocycles. The van der Waals surface area contributed by atoms with Gasteiger partial charge in [-0.1, -0.05) is 18.2 Å². The van der Waals surface area contributed by atoms with Crippen LogP contribution in [0.2, 0.25) is 0 Å². The van der Waals surface area contributed by atoms with Crippen LogP contribution in [0.4, 0.5) is 17.1 Å². The van der Waals surface area contributed by atoms with Gasteiger partial charge in [-0.25, -0.2) is 8.42 Å². The molecule has 0 bridgehead atoms. The van der Waals surface area contributed by atoms with Crippen molar-refractivity contribution in [1.29, 1.82) is 0 Å². The van der Waals surface area contributed by atoms with Crippen molar-refractivity contribution in [2.45, 2.75) is 12.1 Å². The Labute approximate surface area is 229 Å². The highest BCUT2D eigenvalue weighted by Gasteiger charge is 2.43. The molecule has 200 valence electrons. The van der Waals surface area contributed by atoms with Gasteiger partial charge in [-0.3, -0.25) is 19.8 Å². The van der Waals surface area contributed by atoms with Gasteiger partial charge < -0.3 is 19.4 Å². The van der Waals surface area contributed by atoms with Crippen LogP contribution in [0.5, 0.6) is 5.75 Å². The second kappa shape index (κ2) is 10.3. The number of non-ortho nitro benzene ring substituents is 1. The van der Waals surface area contributed by atoms with Crippen LogP contribution in [0.15, 0.2) is 83.4 Å². The van der Waals surface area contributed by atoms with E-state index >= 15 is 0 Å². The summed E-state index contributed by atoms with van der Waals surface area (Å²) in [5.41, 5.74) is 2.04. The molecule has 0 saturated carbocycles. The minimum absolute atomic E-state index is 0.0497. The van der Waals surface area contributed by atoms with E-state index in [9.17, 15) is 18.5 Å². The van der Waals surface area contributed by atoms with Gasteiger partial charge in [0.25, 0.3) is 5.69 Å².